The lowest BCUT2D eigenvalue weighted by Gasteiger charge is -2.15. The maximum absolute atomic E-state index is 12.8. The summed E-state index contributed by atoms with van der Waals surface area (Å²) in [7, 11) is 1.43. The van der Waals surface area contributed by atoms with E-state index < -0.39 is 5.97 Å². The fraction of sp³-hybridized carbons (Fsp3) is 0.217. The second-order valence-corrected chi connectivity index (χ2v) is 6.38. The van der Waals surface area contributed by atoms with E-state index >= 15 is 0 Å². The van der Waals surface area contributed by atoms with Crippen LogP contribution in [0.1, 0.15) is 34.8 Å². The number of ether oxygens (including phenoxy) is 2. The van der Waals surface area contributed by atoms with E-state index in [1.807, 2.05) is 42.5 Å². The Labute approximate surface area is 163 Å². The molecule has 3 rings (SSSR count). The summed E-state index contributed by atoms with van der Waals surface area (Å²) in [5.74, 6) is -0.774. The molecular weight excluding hydrogens is 356 g/mol. The van der Waals surface area contributed by atoms with Crippen LogP contribution in [0.15, 0.2) is 54.6 Å². The van der Waals surface area contributed by atoms with Crippen LogP contribution in [0.5, 0.6) is 11.5 Å². The van der Waals surface area contributed by atoms with Gasteiger partial charge in [-0.1, -0.05) is 48.5 Å². The van der Waals surface area contributed by atoms with Crippen molar-refractivity contribution in [1.82, 2.24) is 0 Å². The molecule has 28 heavy (non-hydrogen) atoms. The first-order chi connectivity index (χ1) is 13.5. The summed E-state index contributed by atoms with van der Waals surface area (Å²) >= 11 is 0. The Morgan fingerprint density at radius 2 is 1.79 bits per heavy atom. The third-order valence-electron chi connectivity index (χ3n) is 4.55. The van der Waals surface area contributed by atoms with Crippen molar-refractivity contribution in [3.63, 3.8) is 0 Å². The number of carbonyl (C=O) groups is 2. The van der Waals surface area contributed by atoms with Crippen molar-refractivity contribution >= 4 is 22.5 Å². The van der Waals surface area contributed by atoms with Gasteiger partial charge in [0.05, 0.1) is 13.7 Å². The summed E-state index contributed by atoms with van der Waals surface area (Å²) in [5.41, 5.74) is 2.27. The Morgan fingerprint density at radius 3 is 2.46 bits per heavy atom. The summed E-state index contributed by atoms with van der Waals surface area (Å²) < 4.78 is 10.2. The molecule has 0 aliphatic heterocycles. The Bertz CT molecular complexity index is 1010. The van der Waals surface area contributed by atoms with Gasteiger partial charge in [0.2, 0.25) is 0 Å². The summed E-state index contributed by atoms with van der Waals surface area (Å²) in [5, 5.41) is 11.9. The number of methoxy groups -OCH3 is 1. The molecule has 0 heterocycles. The quantitative estimate of drug-likeness (QED) is 0.377. The highest BCUT2D eigenvalue weighted by Gasteiger charge is 2.21. The van der Waals surface area contributed by atoms with Crippen molar-refractivity contribution in [3.05, 3.63) is 71.3 Å². The van der Waals surface area contributed by atoms with E-state index in [-0.39, 0.29) is 30.3 Å². The van der Waals surface area contributed by atoms with Crippen molar-refractivity contribution in [1.29, 1.82) is 0 Å². The molecule has 0 aliphatic carbocycles. The second kappa shape index (κ2) is 8.57. The highest BCUT2D eigenvalue weighted by Crippen LogP contribution is 2.40. The van der Waals surface area contributed by atoms with Crippen LogP contribution in [0, 0.1) is 0 Å². The van der Waals surface area contributed by atoms with Gasteiger partial charge >= 0.3 is 5.97 Å². The van der Waals surface area contributed by atoms with Crippen LogP contribution in [0.25, 0.3) is 10.8 Å². The smallest absolute Gasteiger partial charge is 0.313 e. The molecule has 5 nitrogen and oxygen atoms in total. The molecule has 3 aromatic rings. The maximum Gasteiger partial charge on any atom is 0.313 e. The minimum absolute atomic E-state index is 0.0169. The zero-order chi connectivity index (χ0) is 20.1. The first-order valence-corrected chi connectivity index (χ1v) is 9.09. The Balaban J connectivity index is 2.13. The molecule has 0 fully saturated rings. The van der Waals surface area contributed by atoms with Crippen molar-refractivity contribution in [2.45, 2.75) is 19.8 Å². The Kier molecular flexibility index (Phi) is 5.94. The van der Waals surface area contributed by atoms with E-state index in [1.54, 1.807) is 13.0 Å². The van der Waals surface area contributed by atoms with E-state index in [0.29, 0.717) is 22.8 Å². The third-order valence-corrected chi connectivity index (χ3v) is 4.55. The van der Waals surface area contributed by atoms with Crippen molar-refractivity contribution in [3.8, 4) is 11.5 Å². The van der Waals surface area contributed by atoms with Gasteiger partial charge in [0.25, 0.3) is 0 Å². The second-order valence-electron chi connectivity index (χ2n) is 6.38. The van der Waals surface area contributed by atoms with Crippen LogP contribution in [-0.2, 0) is 16.0 Å². The maximum atomic E-state index is 12.8. The number of carbonyl (C=O) groups excluding carboxylic acids is 2. The van der Waals surface area contributed by atoms with Gasteiger partial charge in [-0.05, 0) is 35.9 Å². The van der Waals surface area contributed by atoms with Gasteiger partial charge in [-0.25, -0.2) is 0 Å². The number of phenols is 1. The predicted molar refractivity (Wildman–Crippen MR) is 107 cm³/mol. The average molecular weight is 378 g/mol. The number of phenolic OH excluding ortho intramolecular Hbond substituents is 1. The standard InChI is InChI=1S/C23H22O5/c1-3-28-21(25)14-19(24)18-13-20(27-2)23(26)22-16(10-7-11-17(18)22)12-15-8-5-4-6-9-15/h4-11,13,26H,3,12,14H2,1-2H3. The summed E-state index contributed by atoms with van der Waals surface area (Å²) in [6.07, 6.45) is 0.226. The minimum atomic E-state index is -0.576. The number of fused-ring (bicyclic) bond motifs is 1. The van der Waals surface area contributed by atoms with Gasteiger partial charge < -0.3 is 14.6 Å². The fourth-order valence-electron chi connectivity index (χ4n) is 3.29. The molecule has 0 bridgehead atoms. The van der Waals surface area contributed by atoms with Crippen LogP contribution < -0.4 is 4.74 Å². The fourth-order valence-corrected chi connectivity index (χ4v) is 3.29. The zero-order valence-corrected chi connectivity index (χ0v) is 15.9. The Hall–Kier alpha value is -3.34. The molecule has 0 amide bonds. The summed E-state index contributed by atoms with van der Waals surface area (Å²) in [4.78, 5) is 24.5. The molecular formula is C23H22O5. The normalized spacial score (nSPS) is 10.6. The molecule has 0 radical (unpaired) electrons. The monoisotopic (exact) mass is 378 g/mol. The van der Waals surface area contributed by atoms with E-state index in [9.17, 15) is 14.7 Å². The lowest BCUT2D eigenvalue weighted by Crippen LogP contribution is -2.12. The topological polar surface area (TPSA) is 72.8 Å². The molecule has 0 unspecified atom stereocenters. The lowest BCUT2D eigenvalue weighted by molar-refractivity contribution is -0.141. The number of Topliss-reactive ketones (excluding diaryl/α,β-unsaturated/α-hetero) is 1. The molecule has 3 aromatic carbocycles. The third kappa shape index (κ3) is 3.98. The number of ketones is 1. The average Bonchev–Trinajstić information content (AvgIpc) is 2.69. The first kappa shape index (κ1) is 19.4. The molecule has 0 spiro atoms. The van der Waals surface area contributed by atoms with Crippen molar-refractivity contribution < 1.29 is 24.2 Å². The number of hydrogen-bond acceptors (Lipinski definition) is 5. The summed E-state index contributed by atoms with van der Waals surface area (Å²) in [6.45, 7) is 1.91. The van der Waals surface area contributed by atoms with Crippen molar-refractivity contribution in [2.24, 2.45) is 0 Å². The SMILES string of the molecule is CCOC(=O)CC(=O)c1cc(OC)c(O)c2c(Cc3ccccc3)cccc12. The van der Waals surface area contributed by atoms with Crippen LogP contribution in [-0.4, -0.2) is 30.6 Å². The molecule has 0 atom stereocenters. The Morgan fingerprint density at radius 1 is 1.04 bits per heavy atom. The zero-order valence-electron chi connectivity index (χ0n) is 15.9. The van der Waals surface area contributed by atoms with E-state index in [1.165, 1.54) is 13.2 Å². The molecule has 144 valence electrons. The number of rotatable bonds is 7. The summed E-state index contributed by atoms with van der Waals surface area (Å²) in [6, 6.07) is 16.9. The molecule has 0 saturated carbocycles. The first-order valence-electron chi connectivity index (χ1n) is 9.09. The highest BCUT2D eigenvalue weighted by atomic mass is 16.5. The van der Waals surface area contributed by atoms with E-state index in [4.69, 9.17) is 9.47 Å². The van der Waals surface area contributed by atoms with Crippen LogP contribution in [0.4, 0.5) is 0 Å². The van der Waals surface area contributed by atoms with E-state index in [2.05, 4.69) is 0 Å². The van der Waals surface area contributed by atoms with E-state index in [0.717, 1.165) is 11.1 Å². The van der Waals surface area contributed by atoms with Gasteiger partial charge in [0.15, 0.2) is 17.3 Å². The largest absolute Gasteiger partial charge is 0.504 e. The van der Waals surface area contributed by atoms with Crippen LogP contribution in [0.3, 0.4) is 0 Å². The van der Waals surface area contributed by atoms with Gasteiger partial charge in [0, 0.05) is 10.9 Å². The molecule has 0 aromatic heterocycles. The molecule has 1 N–H and O–H groups in total. The van der Waals surface area contributed by atoms with Gasteiger partial charge in [0.1, 0.15) is 6.42 Å². The van der Waals surface area contributed by atoms with Crippen LogP contribution >= 0.6 is 0 Å². The molecule has 0 saturated heterocycles. The van der Waals surface area contributed by atoms with Gasteiger partial charge in [-0.3, -0.25) is 9.59 Å². The van der Waals surface area contributed by atoms with Crippen LogP contribution in [0.2, 0.25) is 0 Å². The van der Waals surface area contributed by atoms with Gasteiger partial charge in [-0.15, -0.1) is 0 Å². The van der Waals surface area contributed by atoms with Gasteiger partial charge in [-0.2, -0.15) is 0 Å². The number of hydrogen-bond donors (Lipinski definition) is 1. The minimum Gasteiger partial charge on any atom is -0.504 e. The number of benzene rings is 3. The molecule has 0 aliphatic rings. The molecule has 5 heteroatoms. The number of esters is 1. The highest BCUT2D eigenvalue weighted by molar-refractivity contribution is 6.15. The van der Waals surface area contributed by atoms with Crippen molar-refractivity contribution in [2.75, 3.05) is 13.7 Å². The lowest BCUT2D eigenvalue weighted by atomic mass is 9.92. The predicted octanol–water partition coefficient (Wildman–Crippen LogP) is 4.28. The number of aromatic hydroxyl groups is 1.